The van der Waals surface area contributed by atoms with E-state index < -0.39 is 5.82 Å². The van der Waals surface area contributed by atoms with Gasteiger partial charge in [0.1, 0.15) is 11.6 Å². The molecule has 5 heteroatoms. The van der Waals surface area contributed by atoms with Crippen LogP contribution in [0.25, 0.3) is 0 Å². The molecule has 1 N–H and O–H groups in total. The number of hydrogen-bond acceptors (Lipinski definition) is 3. The molecule has 0 saturated carbocycles. The molecule has 4 nitrogen and oxygen atoms in total. The molecular weight excluding hydrogens is 233 g/mol. The van der Waals surface area contributed by atoms with E-state index in [9.17, 15) is 9.18 Å². The van der Waals surface area contributed by atoms with Crippen LogP contribution < -0.4 is 5.32 Å². The van der Waals surface area contributed by atoms with Crippen LogP contribution in [0.15, 0.2) is 12.3 Å². The summed E-state index contributed by atoms with van der Waals surface area (Å²) >= 11 is 0. The third-order valence-electron chi connectivity index (χ3n) is 2.77. The molecule has 0 aliphatic heterocycles. The van der Waals surface area contributed by atoms with E-state index in [0.717, 1.165) is 19.0 Å². The Morgan fingerprint density at radius 3 is 2.78 bits per heavy atom. The van der Waals surface area contributed by atoms with Crippen LogP contribution in [0.1, 0.15) is 37.0 Å². The standard InChI is InChI=1S/C13H20FN3O/c1-4-6-7-17(5-2)13(18)11-8-10(14)9-16-12(11)15-3/h8-9H,4-7H2,1-3H3,(H,15,16). The molecule has 0 fully saturated rings. The lowest BCUT2D eigenvalue weighted by atomic mass is 10.2. The van der Waals surface area contributed by atoms with Crippen molar-refractivity contribution in [2.24, 2.45) is 0 Å². The van der Waals surface area contributed by atoms with Crippen LogP contribution in [0.4, 0.5) is 10.2 Å². The molecule has 18 heavy (non-hydrogen) atoms. The van der Waals surface area contributed by atoms with Crippen LogP contribution in [0.3, 0.4) is 0 Å². The third kappa shape index (κ3) is 3.42. The van der Waals surface area contributed by atoms with E-state index in [0.29, 0.717) is 18.9 Å². The van der Waals surface area contributed by atoms with Gasteiger partial charge in [0.25, 0.3) is 5.91 Å². The Balaban J connectivity index is 2.96. The smallest absolute Gasteiger partial charge is 0.257 e. The molecule has 100 valence electrons. The van der Waals surface area contributed by atoms with E-state index >= 15 is 0 Å². The van der Waals surface area contributed by atoms with E-state index in [1.54, 1.807) is 11.9 Å². The molecule has 0 saturated heterocycles. The van der Waals surface area contributed by atoms with Gasteiger partial charge < -0.3 is 10.2 Å². The summed E-state index contributed by atoms with van der Waals surface area (Å²) in [6.07, 6.45) is 3.06. The summed E-state index contributed by atoms with van der Waals surface area (Å²) in [5.41, 5.74) is 0.287. The number of aromatic nitrogens is 1. The maximum absolute atomic E-state index is 13.2. The van der Waals surface area contributed by atoms with Crippen LogP contribution in [0, 0.1) is 5.82 Å². The van der Waals surface area contributed by atoms with Gasteiger partial charge in [-0.1, -0.05) is 13.3 Å². The summed E-state index contributed by atoms with van der Waals surface area (Å²) in [5, 5.41) is 2.81. The highest BCUT2D eigenvalue weighted by Gasteiger charge is 2.18. The van der Waals surface area contributed by atoms with Gasteiger partial charge in [-0.15, -0.1) is 0 Å². The van der Waals surface area contributed by atoms with Gasteiger partial charge >= 0.3 is 0 Å². The van der Waals surface area contributed by atoms with Gasteiger partial charge in [-0.3, -0.25) is 4.79 Å². The lowest BCUT2D eigenvalue weighted by molar-refractivity contribution is 0.0762. The van der Waals surface area contributed by atoms with Crippen LogP contribution in [0.2, 0.25) is 0 Å². The Morgan fingerprint density at radius 1 is 1.50 bits per heavy atom. The zero-order chi connectivity index (χ0) is 13.5. The highest BCUT2D eigenvalue weighted by molar-refractivity contribution is 5.98. The quantitative estimate of drug-likeness (QED) is 0.847. The van der Waals surface area contributed by atoms with E-state index in [-0.39, 0.29) is 11.5 Å². The normalized spacial score (nSPS) is 10.2. The van der Waals surface area contributed by atoms with Gasteiger partial charge in [-0.25, -0.2) is 9.37 Å². The number of rotatable bonds is 6. The Hall–Kier alpha value is -1.65. The summed E-state index contributed by atoms with van der Waals surface area (Å²) < 4.78 is 13.2. The first kappa shape index (κ1) is 14.4. The van der Waals surface area contributed by atoms with Gasteiger partial charge in [0, 0.05) is 20.1 Å². The summed E-state index contributed by atoms with van der Waals surface area (Å²) in [7, 11) is 1.67. The van der Waals surface area contributed by atoms with Crippen molar-refractivity contribution in [3.8, 4) is 0 Å². The van der Waals surface area contributed by atoms with Crippen molar-refractivity contribution in [3.05, 3.63) is 23.6 Å². The van der Waals surface area contributed by atoms with Crippen molar-refractivity contribution in [1.29, 1.82) is 0 Å². The van der Waals surface area contributed by atoms with E-state index in [4.69, 9.17) is 0 Å². The predicted octanol–water partition coefficient (Wildman–Crippen LogP) is 2.52. The fraction of sp³-hybridized carbons (Fsp3) is 0.538. The van der Waals surface area contributed by atoms with Crippen LogP contribution in [0.5, 0.6) is 0 Å². The zero-order valence-electron chi connectivity index (χ0n) is 11.2. The first-order valence-corrected chi connectivity index (χ1v) is 6.26. The fourth-order valence-corrected chi connectivity index (χ4v) is 1.72. The van der Waals surface area contributed by atoms with Crippen molar-refractivity contribution in [2.75, 3.05) is 25.5 Å². The molecule has 0 atom stereocenters. The molecular formula is C13H20FN3O. The first-order valence-electron chi connectivity index (χ1n) is 6.26. The summed E-state index contributed by atoms with van der Waals surface area (Å²) in [5.74, 6) is -0.262. The molecule has 0 spiro atoms. The molecule has 1 aromatic heterocycles. The SMILES string of the molecule is CCCCN(CC)C(=O)c1cc(F)cnc1NC. The van der Waals surface area contributed by atoms with Crippen LogP contribution in [-0.4, -0.2) is 35.9 Å². The molecule has 0 aliphatic carbocycles. The molecule has 1 aromatic rings. The molecule has 0 aliphatic rings. The number of amides is 1. The Morgan fingerprint density at radius 2 is 2.22 bits per heavy atom. The number of nitrogens with zero attached hydrogens (tertiary/aromatic N) is 2. The number of unbranched alkanes of at least 4 members (excludes halogenated alkanes) is 1. The number of pyridine rings is 1. The van der Waals surface area contributed by atoms with Crippen molar-refractivity contribution in [1.82, 2.24) is 9.88 Å². The Bertz CT molecular complexity index is 409. The monoisotopic (exact) mass is 253 g/mol. The van der Waals surface area contributed by atoms with Crippen molar-refractivity contribution >= 4 is 11.7 Å². The van der Waals surface area contributed by atoms with Crippen molar-refractivity contribution in [3.63, 3.8) is 0 Å². The zero-order valence-corrected chi connectivity index (χ0v) is 11.2. The number of hydrogen-bond donors (Lipinski definition) is 1. The second-order valence-electron chi connectivity index (χ2n) is 4.04. The fourth-order valence-electron chi connectivity index (χ4n) is 1.72. The van der Waals surface area contributed by atoms with Gasteiger partial charge in [0.05, 0.1) is 11.8 Å². The molecule has 0 radical (unpaired) electrons. The highest BCUT2D eigenvalue weighted by Crippen LogP contribution is 2.16. The average molecular weight is 253 g/mol. The number of carbonyl (C=O) groups excluding carboxylic acids is 1. The predicted molar refractivity (Wildman–Crippen MR) is 70.2 cm³/mol. The topological polar surface area (TPSA) is 45.2 Å². The lowest BCUT2D eigenvalue weighted by Gasteiger charge is -2.21. The summed E-state index contributed by atoms with van der Waals surface area (Å²) in [6, 6.07) is 1.23. The molecule has 1 rings (SSSR count). The van der Waals surface area contributed by atoms with Crippen LogP contribution in [-0.2, 0) is 0 Å². The summed E-state index contributed by atoms with van der Waals surface area (Å²) in [4.78, 5) is 17.9. The highest BCUT2D eigenvalue weighted by atomic mass is 19.1. The maximum Gasteiger partial charge on any atom is 0.257 e. The van der Waals surface area contributed by atoms with Gasteiger partial charge in [-0.05, 0) is 19.4 Å². The molecule has 1 heterocycles. The minimum Gasteiger partial charge on any atom is -0.372 e. The number of nitrogens with one attached hydrogen (secondary N) is 1. The molecule has 0 aromatic carbocycles. The maximum atomic E-state index is 13.2. The lowest BCUT2D eigenvalue weighted by Crippen LogP contribution is -2.32. The molecule has 1 amide bonds. The van der Waals surface area contributed by atoms with E-state index in [1.165, 1.54) is 6.07 Å². The van der Waals surface area contributed by atoms with Gasteiger partial charge in [0.2, 0.25) is 0 Å². The average Bonchev–Trinajstić information content (AvgIpc) is 2.39. The minimum atomic E-state index is -0.496. The second kappa shape index (κ2) is 6.93. The van der Waals surface area contributed by atoms with Gasteiger partial charge in [-0.2, -0.15) is 0 Å². The Kier molecular flexibility index (Phi) is 5.55. The molecule has 0 unspecified atom stereocenters. The van der Waals surface area contributed by atoms with Gasteiger partial charge in [0.15, 0.2) is 0 Å². The van der Waals surface area contributed by atoms with E-state index in [2.05, 4.69) is 17.2 Å². The molecule has 0 bridgehead atoms. The number of halogens is 1. The first-order chi connectivity index (χ1) is 8.63. The van der Waals surface area contributed by atoms with Crippen molar-refractivity contribution in [2.45, 2.75) is 26.7 Å². The third-order valence-corrected chi connectivity index (χ3v) is 2.77. The second-order valence-corrected chi connectivity index (χ2v) is 4.04. The van der Waals surface area contributed by atoms with Crippen LogP contribution >= 0.6 is 0 Å². The largest absolute Gasteiger partial charge is 0.372 e. The van der Waals surface area contributed by atoms with Crippen molar-refractivity contribution < 1.29 is 9.18 Å². The number of carbonyl (C=O) groups is 1. The van der Waals surface area contributed by atoms with E-state index in [1.807, 2.05) is 6.92 Å². The minimum absolute atomic E-state index is 0.178. The number of anilines is 1. The summed E-state index contributed by atoms with van der Waals surface area (Å²) in [6.45, 7) is 5.28. The Labute approximate surface area is 107 Å².